The Hall–Kier alpha value is -2.82. The third-order valence-corrected chi connectivity index (χ3v) is 4.60. The summed E-state index contributed by atoms with van der Waals surface area (Å²) in [5.41, 5.74) is 8.68. The van der Waals surface area contributed by atoms with Gasteiger partial charge in [0.2, 0.25) is 0 Å². The molecule has 5 heteroatoms. The first kappa shape index (κ1) is 14.8. The predicted octanol–water partition coefficient (Wildman–Crippen LogP) is 3.37. The standard InChI is InChI=1S/C19H21N5/c20-16-5-1-4-15(14-16)18-6-2-7-19(22-18)23-12-8-17(9-13-23)24-11-3-10-21-24/h1-7,10-11,14,17H,8-9,12-13,20H2. The van der Waals surface area contributed by atoms with Crippen LogP contribution in [0.15, 0.2) is 60.9 Å². The van der Waals surface area contributed by atoms with Crippen LogP contribution in [0.5, 0.6) is 0 Å². The summed E-state index contributed by atoms with van der Waals surface area (Å²) in [5.74, 6) is 1.04. The maximum absolute atomic E-state index is 5.89. The lowest BCUT2D eigenvalue weighted by Gasteiger charge is -2.33. The molecule has 122 valence electrons. The molecule has 4 rings (SSSR count). The monoisotopic (exact) mass is 319 g/mol. The van der Waals surface area contributed by atoms with Crippen molar-refractivity contribution in [2.75, 3.05) is 23.7 Å². The zero-order valence-electron chi connectivity index (χ0n) is 13.5. The first-order chi connectivity index (χ1) is 11.8. The van der Waals surface area contributed by atoms with Crippen LogP contribution in [-0.4, -0.2) is 27.9 Å². The number of nitrogens with zero attached hydrogens (tertiary/aromatic N) is 4. The minimum atomic E-state index is 0.494. The van der Waals surface area contributed by atoms with Gasteiger partial charge < -0.3 is 10.6 Å². The lowest BCUT2D eigenvalue weighted by molar-refractivity contribution is 0.366. The molecule has 1 fully saturated rings. The fourth-order valence-corrected chi connectivity index (χ4v) is 3.31. The van der Waals surface area contributed by atoms with Gasteiger partial charge in [-0.3, -0.25) is 4.68 Å². The van der Waals surface area contributed by atoms with Gasteiger partial charge >= 0.3 is 0 Å². The van der Waals surface area contributed by atoms with Gasteiger partial charge in [0, 0.05) is 36.7 Å². The van der Waals surface area contributed by atoms with E-state index in [1.807, 2.05) is 42.6 Å². The number of hydrogen-bond donors (Lipinski definition) is 1. The van der Waals surface area contributed by atoms with Crippen LogP contribution in [0.2, 0.25) is 0 Å². The van der Waals surface area contributed by atoms with E-state index >= 15 is 0 Å². The van der Waals surface area contributed by atoms with E-state index in [9.17, 15) is 0 Å². The smallest absolute Gasteiger partial charge is 0.129 e. The second kappa shape index (κ2) is 6.35. The van der Waals surface area contributed by atoms with Crippen LogP contribution in [-0.2, 0) is 0 Å². The number of nitrogen functional groups attached to an aromatic ring is 1. The number of anilines is 2. The van der Waals surface area contributed by atoms with Crippen molar-refractivity contribution in [3.05, 3.63) is 60.9 Å². The first-order valence-electron chi connectivity index (χ1n) is 8.37. The zero-order valence-corrected chi connectivity index (χ0v) is 13.5. The summed E-state index contributed by atoms with van der Waals surface area (Å²) in [7, 11) is 0. The molecule has 1 saturated heterocycles. The van der Waals surface area contributed by atoms with E-state index in [2.05, 4.69) is 33.0 Å². The molecular formula is C19H21N5. The maximum Gasteiger partial charge on any atom is 0.129 e. The molecule has 5 nitrogen and oxygen atoms in total. The van der Waals surface area contributed by atoms with Gasteiger partial charge in [-0.15, -0.1) is 0 Å². The highest BCUT2D eigenvalue weighted by Crippen LogP contribution is 2.27. The molecule has 0 spiro atoms. The third kappa shape index (κ3) is 2.97. The SMILES string of the molecule is Nc1cccc(-c2cccc(N3CCC(n4cccn4)CC3)n2)c1. The van der Waals surface area contributed by atoms with Gasteiger partial charge in [0.15, 0.2) is 0 Å². The molecule has 0 atom stereocenters. The Morgan fingerprint density at radius 3 is 2.58 bits per heavy atom. The van der Waals surface area contributed by atoms with E-state index in [1.165, 1.54) is 0 Å². The minimum absolute atomic E-state index is 0.494. The molecule has 0 unspecified atom stereocenters. The molecule has 1 aliphatic rings. The maximum atomic E-state index is 5.89. The van der Waals surface area contributed by atoms with Crippen molar-refractivity contribution in [2.45, 2.75) is 18.9 Å². The molecular weight excluding hydrogens is 298 g/mol. The molecule has 0 bridgehead atoms. The number of rotatable bonds is 3. The normalized spacial score (nSPS) is 15.6. The van der Waals surface area contributed by atoms with Crippen molar-refractivity contribution in [1.29, 1.82) is 0 Å². The fraction of sp³-hybridized carbons (Fsp3) is 0.263. The second-order valence-corrected chi connectivity index (χ2v) is 6.21. The second-order valence-electron chi connectivity index (χ2n) is 6.21. The van der Waals surface area contributed by atoms with Crippen molar-refractivity contribution in [1.82, 2.24) is 14.8 Å². The van der Waals surface area contributed by atoms with Crippen molar-refractivity contribution in [2.24, 2.45) is 0 Å². The number of piperidine rings is 1. The zero-order chi connectivity index (χ0) is 16.4. The highest BCUT2D eigenvalue weighted by molar-refractivity contribution is 5.65. The summed E-state index contributed by atoms with van der Waals surface area (Å²) in [4.78, 5) is 7.20. The lowest BCUT2D eigenvalue weighted by atomic mass is 10.1. The molecule has 1 aromatic carbocycles. The molecule has 2 N–H and O–H groups in total. The molecule has 2 aromatic heterocycles. The fourth-order valence-electron chi connectivity index (χ4n) is 3.31. The molecule has 3 heterocycles. The molecule has 0 saturated carbocycles. The largest absolute Gasteiger partial charge is 0.399 e. The van der Waals surface area contributed by atoms with E-state index < -0.39 is 0 Å². The van der Waals surface area contributed by atoms with Gasteiger partial charge in [-0.25, -0.2) is 4.98 Å². The molecule has 0 amide bonds. The van der Waals surface area contributed by atoms with Crippen LogP contribution < -0.4 is 10.6 Å². The van der Waals surface area contributed by atoms with Crippen LogP contribution in [0.3, 0.4) is 0 Å². The Kier molecular flexibility index (Phi) is 3.91. The Morgan fingerprint density at radius 1 is 1.00 bits per heavy atom. The number of aromatic nitrogens is 3. The van der Waals surface area contributed by atoms with Gasteiger partial charge in [0.1, 0.15) is 5.82 Å². The third-order valence-electron chi connectivity index (χ3n) is 4.60. The van der Waals surface area contributed by atoms with Gasteiger partial charge in [0.25, 0.3) is 0 Å². The summed E-state index contributed by atoms with van der Waals surface area (Å²) in [6, 6.07) is 16.6. The summed E-state index contributed by atoms with van der Waals surface area (Å²) in [6.07, 6.45) is 6.08. The van der Waals surface area contributed by atoms with Crippen LogP contribution >= 0.6 is 0 Å². The molecule has 1 aliphatic heterocycles. The average molecular weight is 319 g/mol. The van der Waals surface area contributed by atoms with E-state index in [1.54, 1.807) is 0 Å². The van der Waals surface area contributed by atoms with E-state index in [-0.39, 0.29) is 0 Å². The topological polar surface area (TPSA) is 60.0 Å². The Balaban J connectivity index is 1.50. The van der Waals surface area contributed by atoms with Crippen molar-refractivity contribution in [3.8, 4) is 11.3 Å². The first-order valence-corrected chi connectivity index (χ1v) is 8.37. The highest BCUT2D eigenvalue weighted by atomic mass is 15.3. The number of pyridine rings is 1. The van der Waals surface area contributed by atoms with Crippen molar-refractivity contribution in [3.63, 3.8) is 0 Å². The van der Waals surface area contributed by atoms with Gasteiger partial charge in [0.05, 0.1) is 11.7 Å². The molecule has 24 heavy (non-hydrogen) atoms. The van der Waals surface area contributed by atoms with Gasteiger partial charge in [-0.1, -0.05) is 18.2 Å². The summed E-state index contributed by atoms with van der Waals surface area (Å²) >= 11 is 0. The molecule has 3 aromatic rings. The molecule has 0 aliphatic carbocycles. The molecule has 0 radical (unpaired) electrons. The van der Waals surface area contributed by atoms with Crippen LogP contribution in [0.25, 0.3) is 11.3 Å². The van der Waals surface area contributed by atoms with E-state index in [4.69, 9.17) is 10.7 Å². The average Bonchev–Trinajstić information content (AvgIpc) is 3.17. The minimum Gasteiger partial charge on any atom is -0.399 e. The van der Waals surface area contributed by atoms with Crippen molar-refractivity contribution >= 4 is 11.5 Å². The number of hydrogen-bond acceptors (Lipinski definition) is 4. The Bertz CT molecular complexity index is 804. The number of nitrogens with two attached hydrogens (primary N) is 1. The van der Waals surface area contributed by atoms with Crippen molar-refractivity contribution < 1.29 is 0 Å². The summed E-state index contributed by atoms with van der Waals surface area (Å²) < 4.78 is 2.08. The van der Waals surface area contributed by atoms with E-state index in [0.29, 0.717) is 6.04 Å². The predicted molar refractivity (Wildman–Crippen MR) is 96.8 cm³/mol. The lowest BCUT2D eigenvalue weighted by Crippen LogP contribution is -2.35. The Morgan fingerprint density at radius 2 is 1.83 bits per heavy atom. The number of benzene rings is 1. The van der Waals surface area contributed by atoms with Crippen LogP contribution in [0.1, 0.15) is 18.9 Å². The highest BCUT2D eigenvalue weighted by Gasteiger charge is 2.21. The van der Waals surface area contributed by atoms with Crippen LogP contribution in [0, 0.1) is 0 Å². The van der Waals surface area contributed by atoms with E-state index in [0.717, 1.165) is 48.7 Å². The quantitative estimate of drug-likeness (QED) is 0.752. The summed E-state index contributed by atoms with van der Waals surface area (Å²) in [6.45, 7) is 2.00. The Labute approximate surface area is 141 Å². The van der Waals surface area contributed by atoms with Gasteiger partial charge in [-0.2, -0.15) is 5.10 Å². The van der Waals surface area contributed by atoms with Crippen LogP contribution in [0.4, 0.5) is 11.5 Å². The van der Waals surface area contributed by atoms with Gasteiger partial charge in [-0.05, 0) is 43.2 Å². The summed E-state index contributed by atoms with van der Waals surface area (Å²) in [5, 5.41) is 4.37.